The van der Waals surface area contributed by atoms with Gasteiger partial charge in [0.2, 0.25) is 0 Å². The smallest absolute Gasteiger partial charge is 0.407 e. The quantitative estimate of drug-likeness (QED) is 0.637. The number of hydrogen-bond donors (Lipinski definition) is 2. The van der Waals surface area contributed by atoms with E-state index in [1.807, 2.05) is 20.8 Å². The summed E-state index contributed by atoms with van der Waals surface area (Å²) in [5.74, 6) is 0. The molecule has 23 heavy (non-hydrogen) atoms. The normalized spacial score (nSPS) is 13.3. The molecule has 0 saturated carbocycles. The van der Waals surface area contributed by atoms with Gasteiger partial charge in [-0.2, -0.15) is 5.26 Å². The van der Waals surface area contributed by atoms with Crippen molar-refractivity contribution < 1.29 is 9.53 Å². The van der Waals surface area contributed by atoms with Gasteiger partial charge in [0.25, 0.3) is 0 Å². The van der Waals surface area contributed by atoms with Crippen LogP contribution in [0.15, 0.2) is 0 Å². The average Bonchev–Trinajstić information content (AvgIpc) is 2.42. The van der Waals surface area contributed by atoms with Gasteiger partial charge in [0.05, 0.1) is 6.07 Å². The Morgan fingerprint density at radius 1 is 1.26 bits per heavy atom. The summed E-state index contributed by atoms with van der Waals surface area (Å²) >= 11 is 0. The SMILES string of the molecule is CCCCC(CNC(=O)OC(C)(C)C)NCC(C)(C)CCC#N. The molecule has 0 bridgehead atoms. The van der Waals surface area contributed by atoms with Crippen molar-refractivity contribution in [2.24, 2.45) is 5.41 Å². The first kappa shape index (κ1) is 21.7. The molecular formula is C18H35N3O2. The summed E-state index contributed by atoms with van der Waals surface area (Å²) in [5.41, 5.74) is -0.401. The lowest BCUT2D eigenvalue weighted by Crippen LogP contribution is -2.45. The fourth-order valence-electron chi connectivity index (χ4n) is 2.15. The molecule has 5 nitrogen and oxygen atoms in total. The van der Waals surface area contributed by atoms with Crippen LogP contribution in [0.4, 0.5) is 4.79 Å². The number of carbonyl (C=O) groups is 1. The molecule has 1 amide bonds. The molecule has 5 heteroatoms. The van der Waals surface area contributed by atoms with Crippen LogP contribution in [0.25, 0.3) is 0 Å². The Morgan fingerprint density at radius 2 is 1.91 bits per heavy atom. The molecule has 0 heterocycles. The molecule has 134 valence electrons. The van der Waals surface area contributed by atoms with Crippen LogP contribution in [0.1, 0.15) is 73.6 Å². The van der Waals surface area contributed by atoms with E-state index < -0.39 is 5.60 Å². The van der Waals surface area contributed by atoms with E-state index in [9.17, 15) is 4.79 Å². The minimum absolute atomic E-state index is 0.0755. The third kappa shape index (κ3) is 12.9. The summed E-state index contributed by atoms with van der Waals surface area (Å²) in [5, 5.41) is 15.1. The predicted molar refractivity (Wildman–Crippen MR) is 94.2 cm³/mol. The summed E-state index contributed by atoms with van der Waals surface area (Å²) in [7, 11) is 0. The van der Waals surface area contributed by atoms with Gasteiger partial charge in [0, 0.05) is 25.6 Å². The Balaban J connectivity index is 4.36. The lowest BCUT2D eigenvalue weighted by Gasteiger charge is -2.28. The van der Waals surface area contributed by atoms with Crippen molar-refractivity contribution in [3.63, 3.8) is 0 Å². The highest BCUT2D eigenvalue weighted by Gasteiger charge is 2.21. The van der Waals surface area contributed by atoms with Crippen LogP contribution >= 0.6 is 0 Å². The molecule has 0 aromatic rings. The summed E-state index contributed by atoms with van der Waals surface area (Å²) in [4.78, 5) is 11.8. The number of nitrogens with zero attached hydrogens (tertiary/aromatic N) is 1. The highest BCUT2D eigenvalue weighted by atomic mass is 16.6. The number of nitriles is 1. The molecule has 0 spiro atoms. The number of amides is 1. The molecule has 1 unspecified atom stereocenters. The Bertz CT molecular complexity index is 381. The first-order valence-electron chi connectivity index (χ1n) is 8.67. The van der Waals surface area contributed by atoms with E-state index >= 15 is 0 Å². The van der Waals surface area contributed by atoms with Crippen molar-refractivity contribution in [3.05, 3.63) is 0 Å². The fourth-order valence-corrected chi connectivity index (χ4v) is 2.15. The Hall–Kier alpha value is -1.28. The average molecular weight is 325 g/mol. The van der Waals surface area contributed by atoms with E-state index in [1.54, 1.807) is 0 Å². The third-order valence-corrected chi connectivity index (χ3v) is 3.58. The Kier molecular flexibility index (Phi) is 9.90. The third-order valence-electron chi connectivity index (χ3n) is 3.58. The van der Waals surface area contributed by atoms with Crippen molar-refractivity contribution in [3.8, 4) is 6.07 Å². The Labute approximate surface area is 142 Å². The van der Waals surface area contributed by atoms with Gasteiger partial charge in [-0.1, -0.05) is 33.6 Å². The number of nitrogens with one attached hydrogen (secondary N) is 2. The van der Waals surface area contributed by atoms with Gasteiger partial charge in [-0.05, 0) is 39.0 Å². The summed E-state index contributed by atoms with van der Waals surface area (Å²) in [6.07, 6.45) is 4.33. The minimum Gasteiger partial charge on any atom is -0.444 e. The lowest BCUT2D eigenvalue weighted by atomic mass is 9.87. The van der Waals surface area contributed by atoms with Crippen LogP contribution in [0.5, 0.6) is 0 Å². The number of ether oxygens (including phenoxy) is 1. The molecule has 0 aliphatic heterocycles. The monoisotopic (exact) mass is 325 g/mol. The van der Waals surface area contributed by atoms with E-state index in [4.69, 9.17) is 10.00 Å². The summed E-state index contributed by atoms with van der Waals surface area (Å²) in [6, 6.07) is 2.43. The predicted octanol–water partition coefficient (Wildman–Crippen LogP) is 3.99. The van der Waals surface area contributed by atoms with Gasteiger partial charge < -0.3 is 15.4 Å². The van der Waals surface area contributed by atoms with Gasteiger partial charge in [0.1, 0.15) is 5.60 Å². The molecule has 0 saturated heterocycles. The second-order valence-corrected chi connectivity index (χ2v) is 7.93. The minimum atomic E-state index is -0.476. The number of alkyl carbamates (subject to hydrolysis) is 1. The maximum Gasteiger partial charge on any atom is 0.407 e. The number of unbranched alkanes of at least 4 members (excludes halogenated alkanes) is 1. The molecule has 0 aromatic heterocycles. The second kappa shape index (κ2) is 10.5. The van der Waals surface area contributed by atoms with E-state index in [0.717, 1.165) is 32.2 Å². The van der Waals surface area contributed by atoms with Crippen LogP contribution in [-0.2, 0) is 4.74 Å². The van der Waals surface area contributed by atoms with Gasteiger partial charge >= 0.3 is 6.09 Å². The van der Waals surface area contributed by atoms with Gasteiger partial charge in [-0.3, -0.25) is 0 Å². The highest BCUT2D eigenvalue weighted by molar-refractivity contribution is 5.67. The number of hydrogen-bond acceptors (Lipinski definition) is 4. The molecule has 0 aromatic carbocycles. The molecular weight excluding hydrogens is 290 g/mol. The molecule has 0 aliphatic rings. The molecule has 1 atom stereocenters. The topological polar surface area (TPSA) is 74.2 Å². The van der Waals surface area contributed by atoms with Crippen LogP contribution < -0.4 is 10.6 Å². The standard InChI is InChI=1S/C18H35N3O2/c1-7-8-10-15(13-20-16(22)23-17(2,3)4)21-14-18(5,6)11-9-12-19/h15,21H,7-11,13-14H2,1-6H3,(H,20,22). The zero-order valence-electron chi connectivity index (χ0n) is 15.8. The van der Waals surface area contributed by atoms with E-state index in [0.29, 0.717) is 13.0 Å². The van der Waals surface area contributed by atoms with Crippen molar-refractivity contribution in [1.29, 1.82) is 5.26 Å². The molecule has 2 N–H and O–H groups in total. The summed E-state index contributed by atoms with van der Waals surface area (Å²) in [6.45, 7) is 13.5. The largest absolute Gasteiger partial charge is 0.444 e. The van der Waals surface area contributed by atoms with Crippen molar-refractivity contribution >= 4 is 6.09 Å². The molecule has 0 rings (SSSR count). The maximum absolute atomic E-state index is 11.8. The van der Waals surface area contributed by atoms with Crippen LogP contribution in [0, 0.1) is 16.7 Å². The first-order valence-corrected chi connectivity index (χ1v) is 8.67. The molecule has 0 radical (unpaired) electrons. The van der Waals surface area contributed by atoms with Crippen molar-refractivity contribution in [2.75, 3.05) is 13.1 Å². The van der Waals surface area contributed by atoms with Crippen molar-refractivity contribution in [2.45, 2.75) is 85.3 Å². The van der Waals surface area contributed by atoms with E-state index in [-0.39, 0.29) is 17.6 Å². The van der Waals surface area contributed by atoms with Crippen LogP contribution in [0.3, 0.4) is 0 Å². The van der Waals surface area contributed by atoms with Gasteiger partial charge in [-0.25, -0.2) is 4.79 Å². The highest BCUT2D eigenvalue weighted by Crippen LogP contribution is 2.21. The second-order valence-electron chi connectivity index (χ2n) is 7.93. The number of carbonyl (C=O) groups excluding carboxylic acids is 1. The maximum atomic E-state index is 11.8. The van der Waals surface area contributed by atoms with Crippen LogP contribution in [0.2, 0.25) is 0 Å². The van der Waals surface area contributed by atoms with Crippen molar-refractivity contribution in [1.82, 2.24) is 10.6 Å². The Morgan fingerprint density at radius 3 is 2.43 bits per heavy atom. The lowest BCUT2D eigenvalue weighted by molar-refractivity contribution is 0.0521. The summed E-state index contributed by atoms with van der Waals surface area (Å²) < 4.78 is 5.28. The number of rotatable bonds is 10. The fraction of sp³-hybridized carbons (Fsp3) is 0.889. The van der Waals surface area contributed by atoms with E-state index in [2.05, 4.69) is 37.5 Å². The zero-order chi connectivity index (χ0) is 17.9. The van der Waals surface area contributed by atoms with Crippen LogP contribution in [-0.4, -0.2) is 30.8 Å². The zero-order valence-corrected chi connectivity index (χ0v) is 15.8. The molecule has 0 aliphatic carbocycles. The molecule has 0 fully saturated rings. The van der Waals surface area contributed by atoms with Gasteiger partial charge in [0.15, 0.2) is 0 Å². The van der Waals surface area contributed by atoms with E-state index in [1.165, 1.54) is 0 Å². The van der Waals surface area contributed by atoms with Gasteiger partial charge in [-0.15, -0.1) is 0 Å². The first-order chi connectivity index (χ1) is 10.6.